The zero-order chi connectivity index (χ0) is 31.0. The lowest BCUT2D eigenvalue weighted by atomic mass is 9.93. The maximum atomic E-state index is 13.8. The third kappa shape index (κ3) is 8.83. The number of epoxide rings is 1. The number of carbonyl (C=O) groups excluding carboxylic acids is 4. The third-order valence-electron chi connectivity index (χ3n) is 7.99. The fourth-order valence-corrected chi connectivity index (χ4v) is 5.21. The van der Waals surface area contributed by atoms with Crippen LogP contribution in [0.15, 0.2) is 35.9 Å². The second-order valence-electron chi connectivity index (χ2n) is 11.3. The van der Waals surface area contributed by atoms with Crippen LogP contribution in [0.4, 0.5) is 0 Å². The molecule has 5 atom stereocenters. The lowest BCUT2D eigenvalue weighted by Crippen LogP contribution is -2.59. The highest BCUT2D eigenvalue weighted by Gasteiger charge is 2.50. The summed E-state index contributed by atoms with van der Waals surface area (Å²) in [5, 5.41) is 29.0. The van der Waals surface area contributed by atoms with Gasteiger partial charge in [-0.15, -0.1) is 0 Å². The van der Waals surface area contributed by atoms with Gasteiger partial charge in [-0.1, -0.05) is 23.8 Å². The Kier molecular flexibility index (Phi) is 11.3. The highest BCUT2D eigenvalue weighted by Crippen LogP contribution is 2.31. The predicted octanol–water partition coefficient (Wildman–Crippen LogP) is -0.634. The van der Waals surface area contributed by atoms with E-state index >= 15 is 0 Å². The fourth-order valence-electron chi connectivity index (χ4n) is 5.21. The van der Waals surface area contributed by atoms with Crippen molar-refractivity contribution in [3.8, 4) is 5.75 Å². The number of Topliss-reactive ketones (excluding diaryl/α,β-unsaturated/α-hetero) is 1. The lowest BCUT2D eigenvalue weighted by molar-refractivity contribution is -0.137. The standard InChI is InChI=1S/C30H42N4O9/c1-30(18-43-30)27(38)22(15-19-5-3-4-6-19)32-29(40)25(26(37)20-7-9-21(41-2)10-8-20)33-28(39)23(17-35)31-24(36)16-34-11-13-42-14-12-34/h5,7-10,22-23,25-26,35,37H,3-4,6,11-18H2,1-2H3,(H,31,36)(H,32,40)(H,33,39)/t22-,23-,25-,26+,30+/m0/s1. The van der Waals surface area contributed by atoms with E-state index in [1.165, 1.54) is 7.11 Å². The van der Waals surface area contributed by atoms with Gasteiger partial charge in [-0.3, -0.25) is 24.1 Å². The number of carbonyl (C=O) groups is 4. The van der Waals surface area contributed by atoms with E-state index in [2.05, 4.69) is 22.0 Å². The third-order valence-corrected chi connectivity index (χ3v) is 7.99. The largest absolute Gasteiger partial charge is 0.497 e. The molecular weight excluding hydrogens is 560 g/mol. The first-order valence-electron chi connectivity index (χ1n) is 14.6. The molecule has 0 spiro atoms. The van der Waals surface area contributed by atoms with E-state index in [1.807, 2.05) is 4.90 Å². The smallest absolute Gasteiger partial charge is 0.246 e. The number of aliphatic hydroxyl groups excluding tert-OH is 2. The van der Waals surface area contributed by atoms with E-state index in [4.69, 9.17) is 14.2 Å². The van der Waals surface area contributed by atoms with E-state index in [9.17, 15) is 29.4 Å². The number of nitrogens with zero attached hydrogens (tertiary/aromatic N) is 1. The Morgan fingerprint density at radius 1 is 1.05 bits per heavy atom. The Morgan fingerprint density at radius 2 is 1.74 bits per heavy atom. The number of nitrogens with one attached hydrogen (secondary N) is 3. The first-order chi connectivity index (χ1) is 20.6. The first kappa shape index (κ1) is 32.6. The van der Waals surface area contributed by atoms with Crippen LogP contribution < -0.4 is 20.7 Å². The zero-order valence-electron chi connectivity index (χ0n) is 24.7. The van der Waals surface area contributed by atoms with Crippen molar-refractivity contribution in [1.29, 1.82) is 0 Å². The normalized spacial score (nSPS) is 22.8. The first-order valence-corrected chi connectivity index (χ1v) is 14.6. The summed E-state index contributed by atoms with van der Waals surface area (Å²) in [4.78, 5) is 54.9. The second-order valence-corrected chi connectivity index (χ2v) is 11.3. The molecule has 2 heterocycles. The molecule has 1 aromatic rings. The van der Waals surface area contributed by atoms with Gasteiger partial charge in [0, 0.05) is 13.1 Å². The number of hydrogen-bond acceptors (Lipinski definition) is 10. The molecule has 5 N–H and O–H groups in total. The predicted molar refractivity (Wildman–Crippen MR) is 154 cm³/mol. The molecule has 0 unspecified atom stereocenters. The number of ketones is 1. The van der Waals surface area contributed by atoms with Gasteiger partial charge in [0.15, 0.2) is 5.78 Å². The van der Waals surface area contributed by atoms with Gasteiger partial charge in [-0.25, -0.2) is 0 Å². The van der Waals surface area contributed by atoms with Gasteiger partial charge in [0.25, 0.3) is 0 Å². The lowest BCUT2D eigenvalue weighted by Gasteiger charge is -2.29. The van der Waals surface area contributed by atoms with Crippen LogP contribution >= 0.6 is 0 Å². The number of aliphatic hydroxyl groups is 2. The number of hydrogen-bond donors (Lipinski definition) is 5. The molecule has 0 radical (unpaired) electrons. The van der Waals surface area contributed by atoms with Crippen LogP contribution in [0.25, 0.3) is 0 Å². The highest BCUT2D eigenvalue weighted by atomic mass is 16.6. The minimum Gasteiger partial charge on any atom is -0.497 e. The molecule has 43 heavy (non-hydrogen) atoms. The Hall–Kier alpha value is -3.36. The minimum atomic E-state index is -1.56. The second kappa shape index (κ2) is 14.9. The summed E-state index contributed by atoms with van der Waals surface area (Å²) < 4.78 is 15.8. The summed E-state index contributed by atoms with van der Waals surface area (Å²) in [5.74, 6) is -1.92. The van der Waals surface area contributed by atoms with E-state index < -0.39 is 54.2 Å². The van der Waals surface area contributed by atoms with E-state index in [0.29, 0.717) is 44.0 Å². The van der Waals surface area contributed by atoms with Crippen LogP contribution in [0.1, 0.15) is 44.3 Å². The van der Waals surface area contributed by atoms with Crippen LogP contribution in [0.3, 0.4) is 0 Å². The molecule has 4 rings (SSSR count). The fraction of sp³-hybridized carbons (Fsp3) is 0.600. The Morgan fingerprint density at radius 3 is 2.33 bits per heavy atom. The number of morpholine rings is 1. The molecule has 13 heteroatoms. The summed E-state index contributed by atoms with van der Waals surface area (Å²) in [7, 11) is 1.49. The van der Waals surface area contributed by atoms with Crippen molar-refractivity contribution in [2.24, 2.45) is 0 Å². The molecular formula is C30H42N4O9. The summed E-state index contributed by atoms with van der Waals surface area (Å²) >= 11 is 0. The van der Waals surface area contributed by atoms with Gasteiger partial charge in [0.05, 0.1) is 46.1 Å². The quantitative estimate of drug-likeness (QED) is 0.128. The van der Waals surface area contributed by atoms with Gasteiger partial charge < -0.3 is 40.4 Å². The monoisotopic (exact) mass is 602 g/mol. The maximum Gasteiger partial charge on any atom is 0.246 e. The summed E-state index contributed by atoms with van der Waals surface area (Å²) in [6.07, 6.45) is 3.49. The molecule has 0 aromatic heterocycles. The number of amides is 3. The van der Waals surface area contributed by atoms with Gasteiger partial charge in [0.2, 0.25) is 17.7 Å². The number of rotatable bonds is 15. The van der Waals surface area contributed by atoms with Gasteiger partial charge in [-0.2, -0.15) is 0 Å². The average Bonchev–Trinajstić information content (AvgIpc) is 3.56. The van der Waals surface area contributed by atoms with Crippen molar-refractivity contribution in [3.05, 3.63) is 41.5 Å². The molecule has 2 aliphatic heterocycles. The maximum absolute atomic E-state index is 13.8. The van der Waals surface area contributed by atoms with Crippen molar-refractivity contribution in [2.75, 3.05) is 53.2 Å². The molecule has 2 saturated heterocycles. The molecule has 13 nitrogen and oxygen atoms in total. The van der Waals surface area contributed by atoms with Crippen LogP contribution in [0.2, 0.25) is 0 Å². The van der Waals surface area contributed by atoms with Gasteiger partial charge in [0.1, 0.15) is 29.5 Å². The van der Waals surface area contributed by atoms with Crippen molar-refractivity contribution in [1.82, 2.24) is 20.9 Å². The Labute approximate surface area is 250 Å². The zero-order valence-corrected chi connectivity index (χ0v) is 24.7. The number of methoxy groups -OCH3 is 1. The van der Waals surface area contributed by atoms with Crippen molar-refractivity contribution < 1.29 is 43.6 Å². The number of ether oxygens (including phenoxy) is 3. The minimum absolute atomic E-state index is 0.00596. The van der Waals surface area contributed by atoms with Gasteiger partial charge >= 0.3 is 0 Å². The van der Waals surface area contributed by atoms with Crippen LogP contribution in [0, 0.1) is 0 Å². The number of benzene rings is 1. The van der Waals surface area contributed by atoms with Crippen LogP contribution in [0.5, 0.6) is 5.75 Å². The molecule has 1 aromatic carbocycles. The SMILES string of the molecule is COc1ccc([C@@H](O)[C@H](NC(=O)[C@H](CO)NC(=O)CN2CCOCC2)C(=O)N[C@@H](CC2=CCCC2)C(=O)[C@@]2(C)CO2)cc1. The van der Waals surface area contributed by atoms with Crippen LogP contribution in [-0.4, -0.2) is 116 Å². The molecule has 236 valence electrons. The van der Waals surface area contributed by atoms with E-state index in [0.717, 1.165) is 24.8 Å². The molecule has 3 aliphatic rings. The van der Waals surface area contributed by atoms with Gasteiger partial charge in [-0.05, 0) is 50.3 Å². The topological polar surface area (TPSA) is 179 Å². The van der Waals surface area contributed by atoms with Crippen molar-refractivity contribution in [3.63, 3.8) is 0 Å². The Balaban J connectivity index is 1.51. The molecule has 3 amide bonds. The molecule has 1 aliphatic carbocycles. The molecule has 0 saturated carbocycles. The van der Waals surface area contributed by atoms with E-state index in [-0.39, 0.29) is 18.9 Å². The Bertz CT molecular complexity index is 1180. The van der Waals surface area contributed by atoms with Crippen LogP contribution in [-0.2, 0) is 28.7 Å². The molecule has 0 bridgehead atoms. The average molecular weight is 603 g/mol. The number of allylic oxidation sites excluding steroid dienone is 1. The van der Waals surface area contributed by atoms with Crippen molar-refractivity contribution in [2.45, 2.75) is 62.4 Å². The summed E-state index contributed by atoms with van der Waals surface area (Å²) in [5.41, 5.74) is 0.344. The summed E-state index contributed by atoms with van der Waals surface area (Å²) in [6.45, 7) is 3.26. The molecule has 2 fully saturated rings. The van der Waals surface area contributed by atoms with E-state index in [1.54, 1.807) is 31.2 Å². The van der Waals surface area contributed by atoms with Crippen molar-refractivity contribution >= 4 is 23.5 Å². The highest BCUT2D eigenvalue weighted by molar-refractivity contribution is 5.98. The summed E-state index contributed by atoms with van der Waals surface area (Å²) in [6, 6.07) is 2.42.